The van der Waals surface area contributed by atoms with Crippen molar-refractivity contribution in [3.05, 3.63) is 17.0 Å². The average Bonchev–Trinajstić information content (AvgIpc) is 3.24. The van der Waals surface area contributed by atoms with E-state index in [0.717, 1.165) is 50.0 Å². The molecule has 1 aromatic rings. The van der Waals surface area contributed by atoms with Gasteiger partial charge in [-0.3, -0.25) is 9.89 Å². The molecule has 21 heavy (non-hydrogen) atoms. The summed E-state index contributed by atoms with van der Waals surface area (Å²) in [5.41, 5.74) is 2.84. The van der Waals surface area contributed by atoms with Crippen molar-refractivity contribution < 1.29 is 4.79 Å². The predicted octanol–water partition coefficient (Wildman–Crippen LogP) is 2.09. The van der Waals surface area contributed by atoms with Crippen LogP contribution >= 0.6 is 0 Å². The zero-order chi connectivity index (χ0) is 15.0. The lowest BCUT2D eigenvalue weighted by Gasteiger charge is -2.33. The molecule has 3 rings (SSSR count). The molecule has 2 unspecified atom stereocenters. The molecule has 0 radical (unpaired) electrons. The molecule has 0 saturated heterocycles. The zero-order valence-corrected chi connectivity index (χ0v) is 13.3. The SMILES string of the molecule is CCC(C)C(C)N(C(=O)c1n[nH]c2c1CNCC2)C1CC1. The van der Waals surface area contributed by atoms with Crippen molar-refractivity contribution in [2.45, 2.75) is 65.1 Å². The van der Waals surface area contributed by atoms with Crippen LogP contribution in [-0.4, -0.2) is 39.6 Å². The van der Waals surface area contributed by atoms with Crippen LogP contribution in [0.1, 0.15) is 61.8 Å². The number of nitrogens with zero attached hydrogens (tertiary/aromatic N) is 2. The van der Waals surface area contributed by atoms with Gasteiger partial charge in [-0.2, -0.15) is 5.10 Å². The molecule has 1 aliphatic heterocycles. The second-order valence-electron chi connectivity index (χ2n) is 6.53. The Hall–Kier alpha value is -1.36. The summed E-state index contributed by atoms with van der Waals surface area (Å²) in [5, 5.41) is 10.7. The molecule has 0 spiro atoms. The maximum atomic E-state index is 13.0. The normalized spacial score (nSPS) is 20.7. The van der Waals surface area contributed by atoms with Gasteiger partial charge in [-0.15, -0.1) is 0 Å². The minimum atomic E-state index is 0.117. The van der Waals surface area contributed by atoms with Gasteiger partial charge in [-0.05, 0) is 25.7 Å². The van der Waals surface area contributed by atoms with Crippen molar-refractivity contribution in [3.63, 3.8) is 0 Å². The summed E-state index contributed by atoms with van der Waals surface area (Å²) in [6, 6.07) is 0.698. The number of aromatic nitrogens is 2. The molecular formula is C16H26N4O. The van der Waals surface area contributed by atoms with Crippen molar-refractivity contribution in [3.8, 4) is 0 Å². The fraction of sp³-hybridized carbons (Fsp3) is 0.750. The number of amides is 1. The summed E-state index contributed by atoms with van der Waals surface area (Å²) in [7, 11) is 0. The van der Waals surface area contributed by atoms with Crippen LogP contribution in [0.5, 0.6) is 0 Å². The van der Waals surface area contributed by atoms with Gasteiger partial charge in [0.25, 0.3) is 5.91 Å². The maximum absolute atomic E-state index is 13.0. The first kappa shape index (κ1) is 14.6. The minimum Gasteiger partial charge on any atom is -0.331 e. The van der Waals surface area contributed by atoms with Crippen LogP contribution < -0.4 is 5.32 Å². The van der Waals surface area contributed by atoms with Crippen LogP contribution in [0, 0.1) is 5.92 Å². The molecule has 116 valence electrons. The highest BCUT2D eigenvalue weighted by molar-refractivity contribution is 5.94. The number of hydrogen-bond acceptors (Lipinski definition) is 3. The van der Waals surface area contributed by atoms with E-state index in [1.807, 2.05) is 0 Å². The third kappa shape index (κ3) is 2.71. The molecule has 2 atom stereocenters. The van der Waals surface area contributed by atoms with E-state index >= 15 is 0 Å². The Labute approximate surface area is 126 Å². The molecule has 2 N–H and O–H groups in total. The van der Waals surface area contributed by atoms with E-state index in [4.69, 9.17) is 0 Å². The maximum Gasteiger partial charge on any atom is 0.275 e. The summed E-state index contributed by atoms with van der Waals surface area (Å²) in [4.78, 5) is 15.1. The lowest BCUT2D eigenvalue weighted by molar-refractivity contribution is 0.0608. The quantitative estimate of drug-likeness (QED) is 0.873. The Bertz CT molecular complexity index is 520. The van der Waals surface area contributed by atoms with Gasteiger partial charge in [0.1, 0.15) is 0 Å². The zero-order valence-electron chi connectivity index (χ0n) is 13.3. The van der Waals surface area contributed by atoms with Gasteiger partial charge in [0.05, 0.1) is 0 Å². The number of rotatable bonds is 5. The molecular weight excluding hydrogens is 264 g/mol. The molecule has 1 aliphatic carbocycles. The number of carbonyl (C=O) groups is 1. The Morgan fingerprint density at radius 3 is 2.86 bits per heavy atom. The lowest BCUT2D eigenvalue weighted by atomic mass is 9.98. The number of H-pyrrole nitrogens is 1. The molecule has 5 heteroatoms. The van der Waals surface area contributed by atoms with Gasteiger partial charge in [-0.25, -0.2) is 0 Å². The van der Waals surface area contributed by atoms with Crippen molar-refractivity contribution in [2.24, 2.45) is 5.92 Å². The van der Waals surface area contributed by atoms with E-state index in [2.05, 4.69) is 41.2 Å². The number of nitrogens with one attached hydrogen (secondary N) is 2. The minimum absolute atomic E-state index is 0.117. The first-order chi connectivity index (χ1) is 10.1. The molecule has 0 aromatic carbocycles. The molecule has 2 aliphatic rings. The second-order valence-corrected chi connectivity index (χ2v) is 6.53. The molecule has 2 heterocycles. The van der Waals surface area contributed by atoms with Crippen LogP contribution in [-0.2, 0) is 13.0 Å². The highest BCUT2D eigenvalue weighted by Gasteiger charge is 2.39. The van der Waals surface area contributed by atoms with Crippen molar-refractivity contribution in [2.75, 3.05) is 6.54 Å². The summed E-state index contributed by atoms with van der Waals surface area (Å²) >= 11 is 0. The largest absolute Gasteiger partial charge is 0.331 e. The van der Waals surface area contributed by atoms with E-state index in [-0.39, 0.29) is 11.9 Å². The first-order valence-electron chi connectivity index (χ1n) is 8.23. The Balaban J connectivity index is 1.86. The highest BCUT2D eigenvalue weighted by Crippen LogP contribution is 2.33. The number of fused-ring (bicyclic) bond motifs is 1. The number of aromatic amines is 1. The van der Waals surface area contributed by atoms with Crippen LogP contribution in [0.4, 0.5) is 0 Å². The van der Waals surface area contributed by atoms with Gasteiger partial charge in [0, 0.05) is 42.9 Å². The van der Waals surface area contributed by atoms with E-state index in [9.17, 15) is 4.79 Å². The fourth-order valence-electron chi connectivity index (χ4n) is 3.18. The Kier molecular flexibility index (Phi) is 4.02. The summed E-state index contributed by atoms with van der Waals surface area (Å²) in [5.74, 6) is 0.633. The van der Waals surface area contributed by atoms with Gasteiger partial charge >= 0.3 is 0 Å². The van der Waals surface area contributed by atoms with E-state index < -0.39 is 0 Å². The molecule has 1 fully saturated rings. The van der Waals surface area contributed by atoms with Gasteiger partial charge in [0.2, 0.25) is 0 Å². The average molecular weight is 290 g/mol. The van der Waals surface area contributed by atoms with Gasteiger partial charge in [-0.1, -0.05) is 20.3 Å². The smallest absolute Gasteiger partial charge is 0.275 e. The standard InChI is InChI=1S/C16H26N4O/c1-4-10(2)11(3)20(12-5-6-12)16(21)15-13-9-17-8-7-14(13)18-19-15/h10-12,17H,4-9H2,1-3H3,(H,18,19). The van der Waals surface area contributed by atoms with Gasteiger partial charge < -0.3 is 10.2 Å². The van der Waals surface area contributed by atoms with E-state index in [0.29, 0.717) is 17.7 Å². The third-order valence-corrected chi connectivity index (χ3v) is 5.09. The van der Waals surface area contributed by atoms with Crippen molar-refractivity contribution >= 4 is 5.91 Å². The van der Waals surface area contributed by atoms with E-state index in [1.165, 1.54) is 0 Å². The van der Waals surface area contributed by atoms with Crippen molar-refractivity contribution in [1.29, 1.82) is 0 Å². The van der Waals surface area contributed by atoms with Gasteiger partial charge in [0.15, 0.2) is 5.69 Å². The molecule has 5 nitrogen and oxygen atoms in total. The lowest BCUT2D eigenvalue weighted by Crippen LogP contribution is -2.44. The summed E-state index contributed by atoms with van der Waals surface area (Å²) < 4.78 is 0. The molecule has 0 bridgehead atoms. The molecule has 1 saturated carbocycles. The first-order valence-corrected chi connectivity index (χ1v) is 8.23. The fourth-order valence-corrected chi connectivity index (χ4v) is 3.18. The van der Waals surface area contributed by atoms with Crippen LogP contribution in [0.25, 0.3) is 0 Å². The summed E-state index contributed by atoms with van der Waals surface area (Å²) in [6.45, 7) is 8.31. The monoisotopic (exact) mass is 290 g/mol. The number of carbonyl (C=O) groups excluding carboxylic acids is 1. The van der Waals surface area contributed by atoms with Crippen LogP contribution in [0.3, 0.4) is 0 Å². The van der Waals surface area contributed by atoms with Crippen LogP contribution in [0.2, 0.25) is 0 Å². The van der Waals surface area contributed by atoms with Crippen LogP contribution in [0.15, 0.2) is 0 Å². The summed E-state index contributed by atoms with van der Waals surface area (Å²) in [6.07, 6.45) is 4.30. The topological polar surface area (TPSA) is 61.0 Å². The Morgan fingerprint density at radius 2 is 2.19 bits per heavy atom. The third-order valence-electron chi connectivity index (χ3n) is 5.09. The predicted molar refractivity (Wildman–Crippen MR) is 82.1 cm³/mol. The van der Waals surface area contributed by atoms with Crippen molar-refractivity contribution in [1.82, 2.24) is 20.4 Å². The second kappa shape index (κ2) is 5.79. The van der Waals surface area contributed by atoms with E-state index in [1.54, 1.807) is 0 Å². The number of hydrogen-bond donors (Lipinski definition) is 2. The highest BCUT2D eigenvalue weighted by atomic mass is 16.2. The molecule has 1 amide bonds. The molecule has 1 aromatic heterocycles. The Morgan fingerprint density at radius 1 is 1.43 bits per heavy atom.